The van der Waals surface area contributed by atoms with Gasteiger partial charge in [-0.05, 0) is 49.1 Å². The smallest absolute Gasteiger partial charge is 0.255 e. The Bertz CT molecular complexity index is 905. The van der Waals surface area contributed by atoms with Crippen molar-refractivity contribution in [3.05, 3.63) is 64.7 Å². The van der Waals surface area contributed by atoms with Crippen molar-refractivity contribution in [1.82, 2.24) is 9.62 Å². The van der Waals surface area contributed by atoms with Gasteiger partial charge in [-0.15, -0.1) is 0 Å². The summed E-state index contributed by atoms with van der Waals surface area (Å²) in [6.45, 7) is 3.01. The minimum atomic E-state index is -3.56. The minimum Gasteiger partial charge on any atom is -0.338 e. The summed E-state index contributed by atoms with van der Waals surface area (Å²) in [5, 5.41) is 0.431. The largest absolute Gasteiger partial charge is 0.338 e. The third-order valence-corrected chi connectivity index (χ3v) is 6.72. The van der Waals surface area contributed by atoms with Crippen LogP contribution >= 0.6 is 11.6 Å². The number of carbonyl (C=O) groups is 1. The van der Waals surface area contributed by atoms with Crippen LogP contribution in [0.3, 0.4) is 0 Å². The Morgan fingerprint density at radius 3 is 2.33 bits per heavy atom. The van der Waals surface area contributed by atoms with Gasteiger partial charge in [-0.3, -0.25) is 4.79 Å². The predicted molar refractivity (Wildman–Crippen MR) is 107 cm³/mol. The van der Waals surface area contributed by atoms with Crippen molar-refractivity contribution in [1.29, 1.82) is 0 Å². The Labute approximate surface area is 165 Å². The first-order chi connectivity index (χ1) is 12.9. The first-order valence-electron chi connectivity index (χ1n) is 9.06. The fourth-order valence-electron chi connectivity index (χ4n) is 3.20. The van der Waals surface area contributed by atoms with Crippen LogP contribution in [0.15, 0.2) is 53.4 Å². The number of hydrogen-bond donors (Lipinski definition) is 1. The number of piperidine rings is 1. The van der Waals surface area contributed by atoms with Gasteiger partial charge in [0.25, 0.3) is 5.91 Å². The molecular formula is C20H23ClN2O3S. The molecule has 0 aromatic heterocycles. The van der Waals surface area contributed by atoms with Crippen molar-refractivity contribution in [3.8, 4) is 0 Å². The van der Waals surface area contributed by atoms with Crippen molar-refractivity contribution >= 4 is 27.5 Å². The number of amides is 1. The Balaban J connectivity index is 1.60. The number of aryl methyl sites for hydroxylation is 1. The van der Waals surface area contributed by atoms with E-state index in [4.69, 9.17) is 11.6 Å². The number of hydrogen-bond acceptors (Lipinski definition) is 3. The van der Waals surface area contributed by atoms with Gasteiger partial charge in [0.1, 0.15) is 0 Å². The molecule has 5 nitrogen and oxygen atoms in total. The second kappa shape index (κ2) is 8.42. The summed E-state index contributed by atoms with van der Waals surface area (Å²) in [7, 11) is -3.56. The van der Waals surface area contributed by atoms with Crippen molar-refractivity contribution in [2.75, 3.05) is 13.1 Å². The second-order valence-electron chi connectivity index (χ2n) is 6.67. The molecule has 7 heteroatoms. The highest BCUT2D eigenvalue weighted by Gasteiger charge is 2.27. The van der Waals surface area contributed by atoms with Crippen molar-refractivity contribution < 1.29 is 13.2 Å². The lowest BCUT2D eigenvalue weighted by molar-refractivity contribution is 0.0711. The lowest BCUT2D eigenvalue weighted by Crippen LogP contribution is -2.46. The topological polar surface area (TPSA) is 66.5 Å². The Hall–Kier alpha value is -1.89. The summed E-state index contributed by atoms with van der Waals surface area (Å²) in [5.74, 6) is -0.114. The molecule has 1 aliphatic rings. The number of nitrogens with zero attached hydrogens (tertiary/aromatic N) is 1. The molecule has 0 unspecified atom stereocenters. The molecule has 0 aliphatic carbocycles. The number of likely N-dealkylation sites (tertiary alicyclic amines) is 1. The number of halogens is 1. The molecule has 3 rings (SSSR count). The van der Waals surface area contributed by atoms with E-state index in [1.54, 1.807) is 41.3 Å². The maximum Gasteiger partial charge on any atom is 0.255 e. The van der Waals surface area contributed by atoms with E-state index in [9.17, 15) is 13.2 Å². The molecule has 2 aromatic carbocycles. The van der Waals surface area contributed by atoms with Crippen LogP contribution in [0.25, 0.3) is 0 Å². The van der Waals surface area contributed by atoms with Crippen LogP contribution in [0, 0.1) is 0 Å². The van der Waals surface area contributed by atoms with Crippen molar-refractivity contribution in [2.24, 2.45) is 0 Å². The Kier molecular flexibility index (Phi) is 6.19. The maximum atomic E-state index is 12.6. The quantitative estimate of drug-likeness (QED) is 0.826. The standard InChI is InChI=1S/C20H23ClN2O3S/c1-2-15-7-9-17(10-8-15)27(25,26)22-16-11-13-23(14-12-16)20(24)18-5-3-4-6-19(18)21/h3-10,16,22H,2,11-14H2,1H3. The minimum absolute atomic E-state index is 0.114. The molecule has 1 N–H and O–H groups in total. The number of benzene rings is 2. The third kappa shape index (κ3) is 4.69. The molecular weight excluding hydrogens is 384 g/mol. The molecule has 0 spiro atoms. The molecule has 27 heavy (non-hydrogen) atoms. The van der Waals surface area contributed by atoms with Crippen LogP contribution in [0.1, 0.15) is 35.7 Å². The Morgan fingerprint density at radius 1 is 1.11 bits per heavy atom. The van der Waals surface area contributed by atoms with E-state index in [0.29, 0.717) is 36.5 Å². The zero-order chi connectivity index (χ0) is 19.4. The highest BCUT2D eigenvalue weighted by atomic mass is 35.5. The summed E-state index contributed by atoms with van der Waals surface area (Å²) >= 11 is 6.10. The van der Waals surface area contributed by atoms with Gasteiger partial charge in [-0.25, -0.2) is 13.1 Å². The highest BCUT2D eigenvalue weighted by molar-refractivity contribution is 7.89. The van der Waals surface area contributed by atoms with Crippen LogP contribution < -0.4 is 4.72 Å². The second-order valence-corrected chi connectivity index (χ2v) is 8.79. The van der Waals surface area contributed by atoms with Crippen LogP contribution in [0.4, 0.5) is 0 Å². The summed E-state index contributed by atoms with van der Waals surface area (Å²) in [6, 6.07) is 13.7. The summed E-state index contributed by atoms with van der Waals surface area (Å²) in [6.07, 6.45) is 2.01. The fourth-order valence-corrected chi connectivity index (χ4v) is 4.72. The molecule has 0 atom stereocenters. The van der Waals surface area contributed by atoms with Gasteiger partial charge in [-0.2, -0.15) is 0 Å². The molecule has 1 aliphatic heterocycles. The molecule has 0 radical (unpaired) electrons. The average molecular weight is 407 g/mol. The maximum absolute atomic E-state index is 12.6. The molecule has 1 amide bonds. The van der Waals surface area contributed by atoms with Crippen LogP contribution in [-0.2, 0) is 16.4 Å². The summed E-state index contributed by atoms with van der Waals surface area (Å²) in [4.78, 5) is 14.6. The number of rotatable bonds is 5. The summed E-state index contributed by atoms with van der Waals surface area (Å²) in [5.41, 5.74) is 1.58. The first-order valence-corrected chi connectivity index (χ1v) is 10.9. The van der Waals surface area contributed by atoms with Gasteiger partial charge in [0.2, 0.25) is 10.0 Å². The number of nitrogens with one attached hydrogen (secondary N) is 1. The number of sulfonamides is 1. The van der Waals surface area contributed by atoms with Crippen molar-refractivity contribution in [3.63, 3.8) is 0 Å². The number of carbonyl (C=O) groups excluding carboxylic acids is 1. The monoisotopic (exact) mass is 406 g/mol. The Morgan fingerprint density at radius 2 is 1.74 bits per heavy atom. The zero-order valence-electron chi connectivity index (χ0n) is 15.2. The van der Waals surface area contributed by atoms with E-state index in [0.717, 1.165) is 12.0 Å². The van der Waals surface area contributed by atoms with Gasteiger partial charge in [0.05, 0.1) is 15.5 Å². The fraction of sp³-hybridized carbons (Fsp3) is 0.350. The predicted octanol–water partition coefficient (Wildman–Crippen LogP) is 3.49. The van der Waals surface area contributed by atoms with E-state index in [1.807, 2.05) is 19.1 Å². The van der Waals surface area contributed by atoms with Crippen molar-refractivity contribution in [2.45, 2.75) is 37.1 Å². The van der Waals surface area contributed by atoms with E-state index in [-0.39, 0.29) is 16.8 Å². The van der Waals surface area contributed by atoms with Gasteiger partial charge in [0.15, 0.2) is 0 Å². The SMILES string of the molecule is CCc1ccc(S(=O)(=O)NC2CCN(C(=O)c3ccccc3Cl)CC2)cc1. The van der Waals surface area contributed by atoms with Gasteiger partial charge in [-0.1, -0.05) is 42.8 Å². The molecule has 144 valence electrons. The summed E-state index contributed by atoms with van der Waals surface area (Å²) < 4.78 is 27.9. The van der Waals surface area contributed by atoms with Crippen LogP contribution in [-0.4, -0.2) is 38.4 Å². The van der Waals surface area contributed by atoms with Crippen LogP contribution in [0.2, 0.25) is 5.02 Å². The third-order valence-electron chi connectivity index (χ3n) is 4.85. The lowest BCUT2D eigenvalue weighted by Gasteiger charge is -2.32. The zero-order valence-corrected chi connectivity index (χ0v) is 16.8. The molecule has 0 saturated carbocycles. The molecule has 0 bridgehead atoms. The first kappa shape index (κ1) is 19.9. The molecule has 1 fully saturated rings. The van der Waals surface area contributed by atoms with Gasteiger partial charge < -0.3 is 4.90 Å². The average Bonchev–Trinajstić information content (AvgIpc) is 2.68. The van der Waals surface area contributed by atoms with E-state index in [1.165, 1.54) is 0 Å². The highest BCUT2D eigenvalue weighted by Crippen LogP contribution is 2.21. The van der Waals surface area contributed by atoms with Crippen LogP contribution in [0.5, 0.6) is 0 Å². The van der Waals surface area contributed by atoms with Gasteiger partial charge in [0, 0.05) is 19.1 Å². The van der Waals surface area contributed by atoms with E-state index >= 15 is 0 Å². The molecule has 1 heterocycles. The van der Waals surface area contributed by atoms with Gasteiger partial charge >= 0.3 is 0 Å². The van der Waals surface area contributed by atoms with E-state index < -0.39 is 10.0 Å². The molecule has 2 aromatic rings. The normalized spacial score (nSPS) is 15.7. The van der Waals surface area contributed by atoms with E-state index in [2.05, 4.69) is 4.72 Å². The lowest BCUT2D eigenvalue weighted by atomic mass is 10.0. The molecule has 1 saturated heterocycles.